The fourth-order valence-corrected chi connectivity index (χ4v) is 2.82. The van der Waals surface area contributed by atoms with Crippen LogP contribution in [0.4, 0.5) is 0 Å². The van der Waals surface area contributed by atoms with E-state index in [1.807, 2.05) is 0 Å². The first kappa shape index (κ1) is 19.8. The van der Waals surface area contributed by atoms with Crippen molar-refractivity contribution in [2.24, 2.45) is 5.92 Å². The summed E-state index contributed by atoms with van der Waals surface area (Å²) in [6.45, 7) is 5.10. The van der Waals surface area contributed by atoms with Gasteiger partial charge in [0, 0.05) is 11.9 Å². The minimum atomic E-state index is -0.473. The fourth-order valence-electron chi connectivity index (χ4n) is 2.69. The van der Waals surface area contributed by atoms with Gasteiger partial charge in [0.1, 0.15) is 0 Å². The Morgan fingerprint density at radius 2 is 1.96 bits per heavy atom. The van der Waals surface area contributed by atoms with Crippen molar-refractivity contribution in [1.82, 2.24) is 26.4 Å². The molecular formula is C18H25N5O2S. The molecule has 0 aliphatic carbocycles. The molecule has 1 heterocycles. The summed E-state index contributed by atoms with van der Waals surface area (Å²) in [7, 11) is 0. The van der Waals surface area contributed by atoms with Crippen LogP contribution in [-0.4, -0.2) is 27.8 Å². The van der Waals surface area contributed by atoms with E-state index in [2.05, 4.69) is 40.2 Å². The summed E-state index contributed by atoms with van der Waals surface area (Å²) in [5, 5.41) is 10.6. The monoisotopic (exact) mass is 375 g/mol. The first-order chi connectivity index (χ1) is 12.6. The number of rotatable bonds is 7. The molecule has 0 aliphatic heterocycles. The van der Waals surface area contributed by atoms with Crippen LogP contribution in [0.3, 0.4) is 0 Å². The summed E-state index contributed by atoms with van der Waals surface area (Å²) >= 11 is 5.20. The van der Waals surface area contributed by atoms with E-state index in [0.29, 0.717) is 21.8 Å². The molecule has 4 N–H and O–H groups in total. The van der Waals surface area contributed by atoms with Gasteiger partial charge in [0.2, 0.25) is 0 Å². The molecule has 0 aliphatic rings. The highest BCUT2D eigenvalue weighted by Crippen LogP contribution is 2.12. The molecule has 0 fully saturated rings. The second-order valence-electron chi connectivity index (χ2n) is 6.15. The predicted molar refractivity (Wildman–Crippen MR) is 107 cm³/mol. The fraction of sp³-hybridized carbons (Fsp3) is 0.444. The van der Waals surface area contributed by atoms with Gasteiger partial charge in [0.25, 0.3) is 11.5 Å². The lowest BCUT2D eigenvalue weighted by molar-refractivity contribution is 0.0939. The Hall–Kier alpha value is -2.48. The Kier molecular flexibility index (Phi) is 7.53. The van der Waals surface area contributed by atoms with Gasteiger partial charge in [-0.25, -0.2) is 5.10 Å². The van der Waals surface area contributed by atoms with Gasteiger partial charge in [-0.15, -0.1) is 0 Å². The average Bonchev–Trinajstić information content (AvgIpc) is 2.66. The van der Waals surface area contributed by atoms with Crippen LogP contribution < -0.4 is 21.7 Å². The number of thiocarbonyl (C=S) groups is 1. The van der Waals surface area contributed by atoms with E-state index in [1.165, 1.54) is 12.8 Å². The predicted octanol–water partition coefficient (Wildman–Crippen LogP) is 2.25. The highest BCUT2D eigenvalue weighted by molar-refractivity contribution is 7.80. The highest BCUT2D eigenvalue weighted by atomic mass is 32.1. The number of benzene rings is 1. The quantitative estimate of drug-likeness (QED) is 0.438. The number of nitrogens with one attached hydrogen (secondary N) is 4. The van der Waals surface area contributed by atoms with E-state index < -0.39 is 5.91 Å². The molecular weight excluding hydrogens is 350 g/mol. The molecule has 0 unspecified atom stereocenters. The average molecular weight is 375 g/mol. The first-order valence-electron chi connectivity index (χ1n) is 8.88. The summed E-state index contributed by atoms with van der Waals surface area (Å²) in [4.78, 5) is 24.1. The zero-order valence-corrected chi connectivity index (χ0v) is 15.9. The maximum absolute atomic E-state index is 12.4. The van der Waals surface area contributed by atoms with Gasteiger partial charge in [0.15, 0.2) is 10.8 Å². The molecule has 26 heavy (non-hydrogen) atoms. The molecule has 0 radical (unpaired) electrons. The SMILES string of the molecule is CCCC[C@H](CC)CNC(=S)NNC(=O)c1n[nH]c(=O)c2ccccc12. The van der Waals surface area contributed by atoms with E-state index in [0.717, 1.165) is 19.4 Å². The van der Waals surface area contributed by atoms with E-state index in [4.69, 9.17) is 12.2 Å². The first-order valence-corrected chi connectivity index (χ1v) is 9.29. The molecule has 0 spiro atoms. The third-order valence-corrected chi connectivity index (χ3v) is 4.54. The van der Waals surface area contributed by atoms with Crippen molar-refractivity contribution >= 4 is 34.0 Å². The van der Waals surface area contributed by atoms with Crippen LogP contribution in [0.15, 0.2) is 29.1 Å². The third kappa shape index (κ3) is 5.26. The van der Waals surface area contributed by atoms with Crippen LogP contribution in [0.25, 0.3) is 10.8 Å². The van der Waals surface area contributed by atoms with Crippen molar-refractivity contribution < 1.29 is 4.79 Å². The number of H-pyrrole nitrogens is 1. The summed E-state index contributed by atoms with van der Waals surface area (Å²) in [5.74, 6) is 0.0786. The Balaban J connectivity index is 1.92. The van der Waals surface area contributed by atoms with Crippen molar-refractivity contribution in [3.63, 3.8) is 0 Å². The van der Waals surface area contributed by atoms with Crippen molar-refractivity contribution in [3.8, 4) is 0 Å². The molecule has 0 saturated heterocycles. The number of hydrogen-bond acceptors (Lipinski definition) is 4. The van der Waals surface area contributed by atoms with Crippen molar-refractivity contribution in [2.75, 3.05) is 6.54 Å². The van der Waals surface area contributed by atoms with E-state index in [1.54, 1.807) is 24.3 Å². The lowest BCUT2D eigenvalue weighted by Crippen LogP contribution is -2.48. The molecule has 1 aromatic carbocycles. The van der Waals surface area contributed by atoms with Crippen LogP contribution in [0.1, 0.15) is 50.0 Å². The molecule has 1 atom stereocenters. The number of aromatic nitrogens is 2. The Labute approximate surface area is 157 Å². The maximum atomic E-state index is 12.4. The Bertz CT molecular complexity index is 821. The number of unbranched alkanes of at least 4 members (excludes halogenated alkanes) is 1. The third-order valence-electron chi connectivity index (χ3n) is 4.30. The van der Waals surface area contributed by atoms with Gasteiger partial charge in [0.05, 0.1) is 5.39 Å². The minimum Gasteiger partial charge on any atom is -0.361 e. The number of carbonyl (C=O) groups excluding carboxylic acids is 1. The van der Waals surface area contributed by atoms with Gasteiger partial charge in [-0.2, -0.15) is 5.10 Å². The summed E-state index contributed by atoms with van der Waals surface area (Å²) < 4.78 is 0. The molecule has 140 valence electrons. The summed E-state index contributed by atoms with van der Waals surface area (Å²) in [5.41, 5.74) is 5.00. The molecule has 1 amide bonds. The lowest BCUT2D eigenvalue weighted by Gasteiger charge is -2.17. The Morgan fingerprint density at radius 3 is 2.65 bits per heavy atom. The molecule has 0 saturated carbocycles. The number of aromatic amines is 1. The number of amides is 1. The lowest BCUT2D eigenvalue weighted by atomic mass is 9.99. The van der Waals surface area contributed by atoms with Crippen molar-refractivity contribution in [2.45, 2.75) is 39.5 Å². The smallest absolute Gasteiger partial charge is 0.290 e. The standard InChI is InChI=1S/C18H25N5O2S/c1-3-5-8-12(4-2)11-19-18(26)23-22-17(25)15-13-9-6-7-10-14(13)16(24)21-20-15/h6-7,9-10,12H,3-5,8,11H2,1-2H3,(H,21,24)(H,22,25)(H2,19,23,26)/t12-/m0/s1. The van der Waals surface area contributed by atoms with Gasteiger partial charge < -0.3 is 5.32 Å². The number of hydrazine groups is 1. The molecule has 0 bridgehead atoms. The van der Waals surface area contributed by atoms with Gasteiger partial charge in [-0.1, -0.05) is 51.3 Å². The van der Waals surface area contributed by atoms with Gasteiger partial charge >= 0.3 is 0 Å². The van der Waals surface area contributed by atoms with Crippen LogP contribution in [-0.2, 0) is 0 Å². The molecule has 8 heteroatoms. The highest BCUT2D eigenvalue weighted by Gasteiger charge is 2.14. The maximum Gasteiger partial charge on any atom is 0.290 e. The Morgan fingerprint density at radius 1 is 1.23 bits per heavy atom. The number of carbonyl (C=O) groups is 1. The zero-order valence-electron chi connectivity index (χ0n) is 15.1. The summed E-state index contributed by atoms with van der Waals surface area (Å²) in [6, 6.07) is 6.82. The number of nitrogens with zero attached hydrogens (tertiary/aromatic N) is 1. The van der Waals surface area contributed by atoms with Gasteiger partial charge in [-0.3, -0.25) is 20.4 Å². The van der Waals surface area contributed by atoms with Crippen molar-refractivity contribution in [1.29, 1.82) is 0 Å². The van der Waals surface area contributed by atoms with Crippen molar-refractivity contribution in [3.05, 3.63) is 40.3 Å². The van der Waals surface area contributed by atoms with Crippen LogP contribution in [0, 0.1) is 5.92 Å². The second kappa shape index (κ2) is 9.86. The normalized spacial score (nSPS) is 11.8. The van der Waals surface area contributed by atoms with Crippen LogP contribution in [0.2, 0.25) is 0 Å². The van der Waals surface area contributed by atoms with Crippen LogP contribution in [0.5, 0.6) is 0 Å². The second-order valence-corrected chi connectivity index (χ2v) is 6.56. The van der Waals surface area contributed by atoms with E-state index in [-0.39, 0.29) is 11.3 Å². The molecule has 1 aromatic heterocycles. The van der Waals surface area contributed by atoms with Crippen LogP contribution >= 0.6 is 12.2 Å². The zero-order chi connectivity index (χ0) is 18.9. The van der Waals surface area contributed by atoms with E-state index in [9.17, 15) is 9.59 Å². The minimum absolute atomic E-state index is 0.130. The molecule has 2 aromatic rings. The van der Waals surface area contributed by atoms with Gasteiger partial charge in [-0.05, 0) is 30.6 Å². The van der Waals surface area contributed by atoms with E-state index >= 15 is 0 Å². The largest absolute Gasteiger partial charge is 0.361 e. The molecule has 7 nitrogen and oxygen atoms in total. The summed E-state index contributed by atoms with van der Waals surface area (Å²) in [6.07, 6.45) is 4.61. The topological polar surface area (TPSA) is 98.9 Å². The molecule has 2 rings (SSSR count). The number of fused-ring (bicyclic) bond motifs is 1. The number of hydrogen-bond donors (Lipinski definition) is 4.